The molecule has 1 amide bonds. The summed E-state index contributed by atoms with van der Waals surface area (Å²) >= 11 is 11.5. The third-order valence-electron chi connectivity index (χ3n) is 2.63. The number of aromatic hydroxyl groups is 1. The maximum Gasteiger partial charge on any atom is 0.253 e. The van der Waals surface area contributed by atoms with Gasteiger partial charge in [0.15, 0.2) is 0 Å². The van der Waals surface area contributed by atoms with Crippen molar-refractivity contribution in [3.8, 4) is 5.75 Å². The van der Waals surface area contributed by atoms with E-state index in [2.05, 4.69) is 5.32 Å². The van der Waals surface area contributed by atoms with Gasteiger partial charge in [-0.05, 0) is 35.9 Å². The number of nitrogens with one attached hydrogen (secondary N) is 1. The van der Waals surface area contributed by atoms with Gasteiger partial charge in [-0.15, -0.1) is 0 Å². The number of phenols is 1. The van der Waals surface area contributed by atoms with Gasteiger partial charge in [0.05, 0.1) is 15.6 Å². The fraction of sp³-hybridized carbons (Fsp3) is 0.0714. The normalized spacial score (nSPS) is 10.3. The maximum atomic E-state index is 13.0. The fourth-order valence-electron chi connectivity index (χ4n) is 1.61. The molecule has 0 saturated heterocycles. The van der Waals surface area contributed by atoms with Gasteiger partial charge in [0.2, 0.25) is 0 Å². The standard InChI is InChI=1S/C14H10Cl2FNO2/c15-11-3-2-9(19)6-10(11)14(20)18-7-8-1-4-13(17)12(16)5-8/h1-6,19H,7H2,(H,18,20). The van der Waals surface area contributed by atoms with Gasteiger partial charge in [-0.2, -0.15) is 0 Å². The van der Waals surface area contributed by atoms with Crippen LogP contribution in [0.4, 0.5) is 4.39 Å². The predicted octanol–water partition coefficient (Wildman–Crippen LogP) is 3.77. The van der Waals surface area contributed by atoms with E-state index in [1.165, 1.54) is 36.4 Å². The lowest BCUT2D eigenvalue weighted by atomic mass is 10.2. The van der Waals surface area contributed by atoms with Crippen molar-refractivity contribution < 1.29 is 14.3 Å². The van der Waals surface area contributed by atoms with Crippen LogP contribution < -0.4 is 5.32 Å². The van der Waals surface area contributed by atoms with Crippen LogP contribution in [-0.2, 0) is 6.54 Å². The fourth-order valence-corrected chi connectivity index (χ4v) is 2.02. The van der Waals surface area contributed by atoms with E-state index in [9.17, 15) is 14.3 Å². The Morgan fingerprint density at radius 1 is 1.15 bits per heavy atom. The lowest BCUT2D eigenvalue weighted by molar-refractivity contribution is 0.0950. The SMILES string of the molecule is O=C(NCc1ccc(F)c(Cl)c1)c1cc(O)ccc1Cl. The van der Waals surface area contributed by atoms with Crippen molar-refractivity contribution in [3.63, 3.8) is 0 Å². The van der Waals surface area contributed by atoms with Crippen LogP contribution in [0.1, 0.15) is 15.9 Å². The summed E-state index contributed by atoms with van der Waals surface area (Å²) in [5.41, 5.74) is 0.820. The molecule has 0 heterocycles. The topological polar surface area (TPSA) is 49.3 Å². The minimum absolute atomic E-state index is 0.00728. The largest absolute Gasteiger partial charge is 0.508 e. The van der Waals surface area contributed by atoms with Gasteiger partial charge in [0.25, 0.3) is 5.91 Å². The Morgan fingerprint density at radius 3 is 2.60 bits per heavy atom. The summed E-state index contributed by atoms with van der Waals surface area (Å²) in [6, 6.07) is 8.27. The summed E-state index contributed by atoms with van der Waals surface area (Å²) in [6.45, 7) is 0.171. The van der Waals surface area contributed by atoms with Crippen LogP contribution in [0.2, 0.25) is 10.0 Å². The number of hydrogen-bond acceptors (Lipinski definition) is 2. The van der Waals surface area contributed by atoms with E-state index < -0.39 is 11.7 Å². The number of rotatable bonds is 3. The van der Waals surface area contributed by atoms with E-state index in [0.717, 1.165) is 0 Å². The number of carbonyl (C=O) groups is 1. The Bertz CT molecular complexity index is 662. The van der Waals surface area contributed by atoms with E-state index in [4.69, 9.17) is 23.2 Å². The molecule has 0 saturated carbocycles. The molecule has 3 nitrogen and oxygen atoms in total. The number of phenolic OH excluding ortho intramolecular Hbond substituents is 1. The van der Waals surface area contributed by atoms with Crippen molar-refractivity contribution in [1.82, 2.24) is 5.32 Å². The second-order valence-electron chi connectivity index (χ2n) is 4.10. The van der Waals surface area contributed by atoms with Crippen molar-refractivity contribution in [1.29, 1.82) is 0 Å². The summed E-state index contributed by atoms with van der Waals surface area (Å²) in [5, 5.41) is 12.2. The highest BCUT2D eigenvalue weighted by Gasteiger charge is 2.11. The van der Waals surface area contributed by atoms with Crippen molar-refractivity contribution >= 4 is 29.1 Å². The van der Waals surface area contributed by atoms with Crippen molar-refractivity contribution in [2.45, 2.75) is 6.54 Å². The molecule has 2 aromatic rings. The molecule has 0 bridgehead atoms. The monoisotopic (exact) mass is 313 g/mol. The van der Waals surface area contributed by atoms with Gasteiger partial charge >= 0.3 is 0 Å². The Kier molecular flexibility index (Phi) is 4.47. The summed E-state index contributed by atoms with van der Waals surface area (Å²) in [7, 11) is 0. The van der Waals surface area contributed by atoms with E-state index in [-0.39, 0.29) is 27.9 Å². The highest BCUT2D eigenvalue weighted by molar-refractivity contribution is 6.33. The first kappa shape index (κ1) is 14.6. The molecule has 0 atom stereocenters. The van der Waals surface area contributed by atoms with Gasteiger partial charge in [-0.25, -0.2) is 4.39 Å². The maximum absolute atomic E-state index is 13.0. The molecule has 0 aliphatic rings. The Labute approximate surface area is 124 Å². The number of amides is 1. The lowest BCUT2D eigenvalue weighted by Crippen LogP contribution is -2.23. The van der Waals surface area contributed by atoms with Gasteiger partial charge in [-0.1, -0.05) is 29.3 Å². The molecule has 2 N–H and O–H groups in total. The van der Waals surface area contributed by atoms with Crippen LogP contribution in [0.15, 0.2) is 36.4 Å². The van der Waals surface area contributed by atoms with E-state index >= 15 is 0 Å². The summed E-state index contributed by atoms with van der Waals surface area (Å²) in [6.07, 6.45) is 0. The lowest BCUT2D eigenvalue weighted by Gasteiger charge is -2.08. The zero-order valence-electron chi connectivity index (χ0n) is 10.2. The first-order valence-electron chi connectivity index (χ1n) is 5.68. The van der Waals surface area contributed by atoms with Crippen molar-refractivity contribution in [2.24, 2.45) is 0 Å². The van der Waals surface area contributed by atoms with E-state index in [1.54, 1.807) is 0 Å². The molecule has 0 fully saturated rings. The van der Waals surface area contributed by atoms with Gasteiger partial charge < -0.3 is 10.4 Å². The molecule has 0 spiro atoms. The molecule has 6 heteroatoms. The zero-order valence-corrected chi connectivity index (χ0v) is 11.7. The highest BCUT2D eigenvalue weighted by Crippen LogP contribution is 2.21. The van der Waals surface area contributed by atoms with Crippen LogP contribution in [-0.4, -0.2) is 11.0 Å². The average molecular weight is 314 g/mol. The van der Waals surface area contributed by atoms with E-state index in [1.807, 2.05) is 0 Å². The molecule has 2 aromatic carbocycles. The zero-order chi connectivity index (χ0) is 14.7. The molecule has 20 heavy (non-hydrogen) atoms. The van der Waals surface area contributed by atoms with Crippen molar-refractivity contribution in [2.75, 3.05) is 0 Å². The molecule has 0 radical (unpaired) electrons. The minimum Gasteiger partial charge on any atom is -0.508 e. The highest BCUT2D eigenvalue weighted by atomic mass is 35.5. The molecule has 0 aliphatic carbocycles. The first-order valence-corrected chi connectivity index (χ1v) is 6.43. The molecular weight excluding hydrogens is 304 g/mol. The summed E-state index contributed by atoms with van der Waals surface area (Å²) in [4.78, 5) is 11.9. The van der Waals surface area contributed by atoms with Crippen LogP contribution in [0.25, 0.3) is 0 Å². The molecule has 0 aliphatic heterocycles. The predicted molar refractivity (Wildman–Crippen MR) is 75.7 cm³/mol. The Morgan fingerprint density at radius 2 is 1.90 bits per heavy atom. The van der Waals surface area contributed by atoms with Gasteiger partial charge in [-0.3, -0.25) is 4.79 Å². The van der Waals surface area contributed by atoms with E-state index in [0.29, 0.717) is 5.56 Å². The summed E-state index contributed by atoms with van der Waals surface area (Å²) in [5.74, 6) is -1.01. The van der Waals surface area contributed by atoms with Crippen LogP contribution in [0, 0.1) is 5.82 Å². The molecular formula is C14H10Cl2FNO2. The Hall–Kier alpha value is -1.78. The quantitative estimate of drug-likeness (QED) is 0.906. The number of hydrogen-bond donors (Lipinski definition) is 2. The Balaban J connectivity index is 2.08. The molecule has 2 rings (SSSR count). The second-order valence-corrected chi connectivity index (χ2v) is 4.91. The number of carbonyl (C=O) groups excluding carboxylic acids is 1. The van der Waals surface area contributed by atoms with Crippen LogP contribution >= 0.6 is 23.2 Å². The third-order valence-corrected chi connectivity index (χ3v) is 3.25. The number of halogens is 3. The smallest absolute Gasteiger partial charge is 0.253 e. The minimum atomic E-state index is -0.516. The van der Waals surface area contributed by atoms with Gasteiger partial charge in [0, 0.05) is 6.54 Å². The van der Waals surface area contributed by atoms with Crippen molar-refractivity contribution in [3.05, 3.63) is 63.4 Å². The van der Waals surface area contributed by atoms with Crippen LogP contribution in [0.3, 0.4) is 0 Å². The first-order chi connectivity index (χ1) is 9.47. The third kappa shape index (κ3) is 3.40. The summed E-state index contributed by atoms with van der Waals surface area (Å²) < 4.78 is 13.0. The number of benzene rings is 2. The average Bonchev–Trinajstić information content (AvgIpc) is 2.42. The molecule has 104 valence electrons. The molecule has 0 aromatic heterocycles. The van der Waals surface area contributed by atoms with Gasteiger partial charge in [0.1, 0.15) is 11.6 Å². The second kappa shape index (κ2) is 6.11. The van der Waals surface area contributed by atoms with Crippen LogP contribution in [0.5, 0.6) is 5.75 Å². The molecule has 0 unspecified atom stereocenters.